The topological polar surface area (TPSA) is 95.9 Å². The molecular formula is C25H28N2O5. The fourth-order valence-corrected chi connectivity index (χ4v) is 4.38. The maximum Gasteiger partial charge on any atom is 0.407 e. The van der Waals surface area contributed by atoms with E-state index in [1.807, 2.05) is 50.2 Å². The molecule has 1 fully saturated rings. The van der Waals surface area contributed by atoms with E-state index in [9.17, 15) is 19.5 Å². The Morgan fingerprint density at radius 2 is 1.59 bits per heavy atom. The molecule has 7 heteroatoms. The van der Waals surface area contributed by atoms with Crippen molar-refractivity contribution in [3.8, 4) is 11.1 Å². The van der Waals surface area contributed by atoms with Crippen LogP contribution in [-0.2, 0) is 14.3 Å². The number of amides is 2. The summed E-state index contributed by atoms with van der Waals surface area (Å²) in [5, 5.41) is 11.9. The lowest BCUT2D eigenvalue weighted by molar-refractivity contribution is -0.146. The number of carbonyl (C=O) groups is 3. The van der Waals surface area contributed by atoms with Crippen LogP contribution in [0, 0.1) is 5.92 Å². The van der Waals surface area contributed by atoms with Gasteiger partial charge in [-0.05, 0) is 41.0 Å². The molecule has 2 N–H and O–H groups in total. The van der Waals surface area contributed by atoms with E-state index in [0.717, 1.165) is 35.1 Å². The maximum absolute atomic E-state index is 13.0. The van der Waals surface area contributed by atoms with Crippen LogP contribution in [0.2, 0.25) is 0 Å². The van der Waals surface area contributed by atoms with E-state index in [2.05, 4.69) is 17.4 Å². The van der Waals surface area contributed by atoms with Crippen LogP contribution < -0.4 is 5.32 Å². The Hall–Kier alpha value is -3.35. The van der Waals surface area contributed by atoms with Crippen LogP contribution in [0.15, 0.2) is 48.5 Å². The first-order valence-corrected chi connectivity index (χ1v) is 11.0. The van der Waals surface area contributed by atoms with E-state index < -0.39 is 18.1 Å². The molecular weight excluding hydrogens is 408 g/mol. The van der Waals surface area contributed by atoms with E-state index in [-0.39, 0.29) is 36.9 Å². The number of hydrogen-bond donors (Lipinski definition) is 2. The molecule has 0 heterocycles. The second-order valence-corrected chi connectivity index (χ2v) is 8.78. The number of benzene rings is 2. The normalized spacial score (nSPS) is 15.6. The highest BCUT2D eigenvalue weighted by molar-refractivity contribution is 5.89. The summed E-state index contributed by atoms with van der Waals surface area (Å²) < 4.78 is 5.57. The Morgan fingerprint density at radius 3 is 2.09 bits per heavy atom. The van der Waals surface area contributed by atoms with Crippen LogP contribution in [-0.4, -0.2) is 53.2 Å². The van der Waals surface area contributed by atoms with Gasteiger partial charge in [0.2, 0.25) is 5.91 Å². The van der Waals surface area contributed by atoms with Crippen molar-refractivity contribution in [3.63, 3.8) is 0 Å². The number of nitrogens with one attached hydrogen (secondary N) is 1. The third-order valence-electron chi connectivity index (χ3n) is 6.13. The van der Waals surface area contributed by atoms with Gasteiger partial charge >= 0.3 is 12.1 Å². The largest absolute Gasteiger partial charge is 0.480 e. The van der Waals surface area contributed by atoms with Crippen molar-refractivity contribution >= 4 is 18.0 Å². The third kappa shape index (κ3) is 4.47. The van der Waals surface area contributed by atoms with Gasteiger partial charge < -0.3 is 20.1 Å². The number of rotatable bonds is 8. The Morgan fingerprint density at radius 1 is 1.03 bits per heavy atom. The Balaban J connectivity index is 1.43. The predicted molar refractivity (Wildman–Crippen MR) is 119 cm³/mol. The molecule has 0 aliphatic heterocycles. The molecule has 0 bridgehead atoms. The smallest absolute Gasteiger partial charge is 0.407 e. The van der Waals surface area contributed by atoms with Gasteiger partial charge in [0.1, 0.15) is 19.2 Å². The third-order valence-corrected chi connectivity index (χ3v) is 6.13. The number of aliphatic carboxylic acids is 1. The number of carbonyl (C=O) groups excluding carboxylic acids is 2. The van der Waals surface area contributed by atoms with Crippen molar-refractivity contribution in [2.75, 3.05) is 13.2 Å². The zero-order chi connectivity index (χ0) is 22.8. The molecule has 2 aliphatic carbocycles. The van der Waals surface area contributed by atoms with Gasteiger partial charge in [-0.25, -0.2) is 4.79 Å². The van der Waals surface area contributed by atoms with Gasteiger partial charge in [-0.15, -0.1) is 0 Å². The highest BCUT2D eigenvalue weighted by Crippen LogP contribution is 2.44. The molecule has 2 aliphatic rings. The van der Waals surface area contributed by atoms with Crippen molar-refractivity contribution in [2.45, 2.75) is 44.7 Å². The average molecular weight is 437 g/mol. The SMILES string of the molecule is CC(C)[C@@H](NC(=O)OCC1c2ccccc2-c2ccccc21)C(=O)N(CC(=O)O)C1CC1. The molecule has 7 nitrogen and oxygen atoms in total. The number of nitrogens with zero attached hydrogens (tertiary/aromatic N) is 1. The highest BCUT2D eigenvalue weighted by atomic mass is 16.5. The number of hydrogen-bond acceptors (Lipinski definition) is 4. The van der Waals surface area contributed by atoms with Crippen molar-refractivity contribution in [1.82, 2.24) is 10.2 Å². The standard InChI is InChI=1S/C25H28N2O5/c1-15(2)23(24(30)27(13-22(28)29)16-11-12-16)26-25(31)32-14-21-19-9-5-3-7-17(19)18-8-4-6-10-20(18)21/h3-10,15-16,21,23H,11-14H2,1-2H3,(H,26,31)(H,28,29)/t23-/m1/s1. The quantitative estimate of drug-likeness (QED) is 0.659. The summed E-state index contributed by atoms with van der Waals surface area (Å²) in [6.07, 6.45) is 0.897. The van der Waals surface area contributed by atoms with Crippen LogP contribution in [0.5, 0.6) is 0 Å². The summed E-state index contributed by atoms with van der Waals surface area (Å²) in [6, 6.07) is 15.2. The van der Waals surface area contributed by atoms with Gasteiger partial charge in [0.15, 0.2) is 0 Å². The van der Waals surface area contributed by atoms with Gasteiger partial charge in [-0.2, -0.15) is 0 Å². The van der Waals surface area contributed by atoms with E-state index >= 15 is 0 Å². The molecule has 1 saturated carbocycles. The summed E-state index contributed by atoms with van der Waals surface area (Å²) in [7, 11) is 0. The highest BCUT2D eigenvalue weighted by Gasteiger charge is 2.39. The molecule has 2 aromatic carbocycles. The predicted octanol–water partition coefficient (Wildman–Crippen LogP) is 3.63. The monoisotopic (exact) mass is 436 g/mol. The molecule has 1 atom stereocenters. The number of carboxylic acid groups (broad SMARTS) is 1. The first-order valence-electron chi connectivity index (χ1n) is 11.0. The average Bonchev–Trinajstić information content (AvgIpc) is 3.56. The molecule has 0 spiro atoms. The lowest BCUT2D eigenvalue weighted by atomic mass is 9.98. The Labute approximate surface area is 187 Å². The lowest BCUT2D eigenvalue weighted by Crippen LogP contribution is -2.53. The Bertz CT molecular complexity index is 985. The second-order valence-electron chi connectivity index (χ2n) is 8.78. The van der Waals surface area contributed by atoms with Crippen LogP contribution in [0.3, 0.4) is 0 Å². The van der Waals surface area contributed by atoms with Crippen molar-refractivity contribution in [1.29, 1.82) is 0 Å². The number of fused-ring (bicyclic) bond motifs is 3. The van der Waals surface area contributed by atoms with E-state index in [4.69, 9.17) is 4.74 Å². The summed E-state index contributed by atoms with van der Waals surface area (Å²) >= 11 is 0. The molecule has 4 rings (SSSR count). The fraction of sp³-hybridized carbons (Fsp3) is 0.400. The van der Waals surface area contributed by atoms with E-state index in [0.29, 0.717) is 0 Å². The van der Waals surface area contributed by atoms with Crippen LogP contribution in [0.25, 0.3) is 11.1 Å². The summed E-state index contributed by atoms with van der Waals surface area (Å²) in [6.45, 7) is 3.43. The summed E-state index contributed by atoms with van der Waals surface area (Å²) in [5.41, 5.74) is 4.50. The minimum Gasteiger partial charge on any atom is -0.480 e. The van der Waals surface area contributed by atoms with Crippen molar-refractivity contribution in [3.05, 3.63) is 59.7 Å². The number of alkyl carbamates (subject to hydrolysis) is 1. The lowest BCUT2D eigenvalue weighted by Gasteiger charge is -2.28. The van der Waals surface area contributed by atoms with Crippen molar-refractivity contribution < 1.29 is 24.2 Å². The molecule has 2 aromatic rings. The van der Waals surface area contributed by atoms with Gasteiger partial charge in [0, 0.05) is 12.0 Å². The minimum atomic E-state index is -1.06. The summed E-state index contributed by atoms with van der Waals surface area (Å²) in [5.74, 6) is -1.72. The van der Waals surface area contributed by atoms with Crippen LogP contribution in [0.1, 0.15) is 43.7 Å². The van der Waals surface area contributed by atoms with Gasteiger partial charge in [0.05, 0.1) is 0 Å². The van der Waals surface area contributed by atoms with E-state index in [1.165, 1.54) is 4.90 Å². The van der Waals surface area contributed by atoms with Gasteiger partial charge in [-0.3, -0.25) is 9.59 Å². The molecule has 168 valence electrons. The molecule has 0 aromatic heterocycles. The maximum atomic E-state index is 13.0. The van der Waals surface area contributed by atoms with E-state index in [1.54, 1.807) is 0 Å². The van der Waals surface area contributed by atoms with Crippen LogP contribution >= 0.6 is 0 Å². The minimum absolute atomic E-state index is 0.0656. The second kappa shape index (κ2) is 9.02. The molecule has 0 unspecified atom stereocenters. The molecule has 0 radical (unpaired) electrons. The van der Waals surface area contributed by atoms with Gasteiger partial charge in [-0.1, -0.05) is 62.4 Å². The van der Waals surface area contributed by atoms with Crippen LogP contribution in [0.4, 0.5) is 4.79 Å². The first-order chi connectivity index (χ1) is 15.4. The van der Waals surface area contributed by atoms with Gasteiger partial charge in [0.25, 0.3) is 0 Å². The molecule has 0 saturated heterocycles. The molecule has 32 heavy (non-hydrogen) atoms. The molecule has 2 amide bonds. The number of carboxylic acids is 1. The zero-order valence-electron chi connectivity index (χ0n) is 18.3. The first kappa shape index (κ1) is 21.9. The number of ether oxygens (including phenoxy) is 1. The fourth-order valence-electron chi connectivity index (χ4n) is 4.38. The van der Waals surface area contributed by atoms with Crippen molar-refractivity contribution in [2.24, 2.45) is 5.92 Å². The summed E-state index contributed by atoms with van der Waals surface area (Å²) in [4.78, 5) is 38.2. The Kier molecular flexibility index (Phi) is 6.17. The zero-order valence-corrected chi connectivity index (χ0v) is 18.3.